The van der Waals surface area contributed by atoms with E-state index in [1.807, 2.05) is 53.4 Å². The number of methoxy groups -OCH3 is 1. The van der Waals surface area contributed by atoms with Gasteiger partial charge in [0.05, 0.1) is 7.11 Å². The lowest BCUT2D eigenvalue weighted by Crippen LogP contribution is -2.29. The molecule has 0 unspecified atom stereocenters. The normalized spacial score (nSPS) is 11.1. The summed E-state index contributed by atoms with van der Waals surface area (Å²) >= 11 is 0. The number of nitrogens with zero attached hydrogens (tertiary/aromatic N) is 1. The minimum absolute atomic E-state index is 0.0122. The van der Waals surface area contributed by atoms with Gasteiger partial charge in [-0.3, -0.25) is 4.79 Å². The van der Waals surface area contributed by atoms with Crippen LogP contribution in [0, 0.1) is 0 Å². The smallest absolute Gasteiger partial charge is 0.239 e. The average molecular weight is 347 g/mol. The van der Waals surface area contributed by atoms with Gasteiger partial charge in [-0.2, -0.15) is 0 Å². The second kappa shape index (κ2) is 6.96. The van der Waals surface area contributed by atoms with Gasteiger partial charge in [0.2, 0.25) is 5.91 Å². The minimum atomic E-state index is 0.0122. The number of fused-ring (bicyclic) bond motifs is 2. The second-order valence-corrected chi connectivity index (χ2v) is 6.33. The van der Waals surface area contributed by atoms with Crippen molar-refractivity contribution < 1.29 is 9.53 Å². The number of para-hydroxylation sites is 1. The van der Waals surface area contributed by atoms with Crippen LogP contribution < -0.4 is 10.1 Å². The van der Waals surface area contributed by atoms with E-state index in [1.165, 1.54) is 10.9 Å². The van der Waals surface area contributed by atoms with Gasteiger partial charge in [0.15, 0.2) is 0 Å². The summed E-state index contributed by atoms with van der Waals surface area (Å²) in [5.41, 5.74) is 3.38. The van der Waals surface area contributed by atoms with Gasteiger partial charge in [-0.15, -0.1) is 0 Å². The molecular weight excluding hydrogens is 326 g/mol. The third kappa shape index (κ3) is 3.16. The molecule has 0 atom stereocenters. The summed E-state index contributed by atoms with van der Waals surface area (Å²) in [6, 6.07) is 16.1. The molecule has 0 saturated heterocycles. The van der Waals surface area contributed by atoms with Gasteiger partial charge in [-0.25, -0.2) is 0 Å². The van der Waals surface area contributed by atoms with E-state index < -0.39 is 0 Å². The van der Waals surface area contributed by atoms with Crippen LogP contribution in [0.5, 0.6) is 5.75 Å². The number of hydrogen-bond acceptors (Lipinski definition) is 2. The zero-order valence-corrected chi connectivity index (χ0v) is 14.7. The zero-order valence-electron chi connectivity index (χ0n) is 14.7. The number of benzene rings is 2. The Balaban J connectivity index is 1.37. The van der Waals surface area contributed by atoms with Gasteiger partial charge in [0.1, 0.15) is 12.3 Å². The summed E-state index contributed by atoms with van der Waals surface area (Å²) in [6.45, 7) is 0.928. The fourth-order valence-electron chi connectivity index (χ4n) is 3.33. The molecule has 1 amide bonds. The monoisotopic (exact) mass is 347 g/mol. The number of nitrogens with one attached hydrogen (secondary N) is 2. The number of aromatic nitrogens is 2. The Hall–Kier alpha value is -3.21. The average Bonchev–Trinajstić information content (AvgIpc) is 3.26. The quantitative estimate of drug-likeness (QED) is 0.561. The molecule has 4 rings (SSSR count). The molecule has 0 aliphatic carbocycles. The molecule has 2 N–H and O–H groups in total. The van der Waals surface area contributed by atoms with E-state index in [0.29, 0.717) is 13.1 Å². The molecule has 2 aromatic carbocycles. The summed E-state index contributed by atoms with van der Waals surface area (Å²) in [5.74, 6) is 0.830. The van der Waals surface area contributed by atoms with Crippen molar-refractivity contribution in [1.82, 2.24) is 14.9 Å². The highest BCUT2D eigenvalue weighted by Gasteiger charge is 2.08. The van der Waals surface area contributed by atoms with Crippen LogP contribution in [0.1, 0.15) is 5.56 Å². The van der Waals surface area contributed by atoms with Gasteiger partial charge in [0.25, 0.3) is 0 Å². The number of carbonyl (C=O) groups excluding carboxylic acids is 1. The van der Waals surface area contributed by atoms with Crippen LogP contribution in [0.3, 0.4) is 0 Å². The van der Waals surface area contributed by atoms with Crippen LogP contribution in [0.25, 0.3) is 21.8 Å². The molecule has 0 fully saturated rings. The van der Waals surface area contributed by atoms with E-state index >= 15 is 0 Å². The van der Waals surface area contributed by atoms with Crippen molar-refractivity contribution in [1.29, 1.82) is 0 Å². The summed E-state index contributed by atoms with van der Waals surface area (Å²) in [7, 11) is 1.65. The molecule has 0 saturated carbocycles. The summed E-state index contributed by atoms with van der Waals surface area (Å²) < 4.78 is 7.19. The topological polar surface area (TPSA) is 59.0 Å². The van der Waals surface area contributed by atoms with Crippen molar-refractivity contribution in [3.8, 4) is 5.75 Å². The first-order valence-electron chi connectivity index (χ1n) is 8.69. The van der Waals surface area contributed by atoms with Crippen LogP contribution in [0.4, 0.5) is 0 Å². The Bertz CT molecular complexity index is 1060. The minimum Gasteiger partial charge on any atom is -0.497 e. The van der Waals surface area contributed by atoms with Crippen LogP contribution in [-0.4, -0.2) is 29.1 Å². The van der Waals surface area contributed by atoms with Crippen LogP contribution >= 0.6 is 0 Å². The molecule has 0 aliphatic rings. The number of aromatic amines is 1. The molecule has 26 heavy (non-hydrogen) atoms. The maximum Gasteiger partial charge on any atom is 0.239 e. The molecular formula is C21H21N3O2. The summed E-state index contributed by atoms with van der Waals surface area (Å²) in [4.78, 5) is 15.6. The van der Waals surface area contributed by atoms with Crippen molar-refractivity contribution >= 4 is 27.7 Å². The molecule has 2 heterocycles. The first-order valence-corrected chi connectivity index (χ1v) is 8.69. The van der Waals surface area contributed by atoms with Crippen molar-refractivity contribution in [2.24, 2.45) is 0 Å². The number of ether oxygens (including phenoxy) is 1. The van der Waals surface area contributed by atoms with Crippen molar-refractivity contribution in [2.45, 2.75) is 13.0 Å². The SMILES string of the molecule is COc1ccc2c(ccn2CC(=O)NCCc2c[nH]c3ccccc23)c1. The first-order chi connectivity index (χ1) is 12.7. The molecule has 132 valence electrons. The Morgan fingerprint density at radius 2 is 2.08 bits per heavy atom. The van der Waals surface area contributed by atoms with Gasteiger partial charge < -0.3 is 19.6 Å². The van der Waals surface area contributed by atoms with E-state index in [1.54, 1.807) is 7.11 Å². The Kier molecular flexibility index (Phi) is 4.35. The standard InChI is InChI=1S/C21H21N3O2/c1-26-17-6-7-20-15(12-17)9-11-24(20)14-21(25)22-10-8-16-13-23-19-5-3-2-4-18(16)19/h2-7,9,11-13,23H,8,10,14H2,1H3,(H,22,25). The first kappa shape index (κ1) is 16.3. The van der Waals surface area contributed by atoms with Gasteiger partial charge in [-0.1, -0.05) is 18.2 Å². The summed E-state index contributed by atoms with van der Waals surface area (Å²) in [5, 5.41) is 5.29. The second-order valence-electron chi connectivity index (χ2n) is 6.33. The largest absolute Gasteiger partial charge is 0.497 e. The predicted molar refractivity (Wildman–Crippen MR) is 104 cm³/mol. The Morgan fingerprint density at radius 1 is 1.19 bits per heavy atom. The lowest BCUT2D eigenvalue weighted by Gasteiger charge is -2.08. The van der Waals surface area contributed by atoms with E-state index in [-0.39, 0.29) is 5.91 Å². The van der Waals surface area contributed by atoms with Gasteiger partial charge in [-0.05, 0) is 42.3 Å². The molecule has 5 nitrogen and oxygen atoms in total. The summed E-state index contributed by atoms with van der Waals surface area (Å²) in [6.07, 6.45) is 4.76. The number of carbonyl (C=O) groups is 1. The maximum absolute atomic E-state index is 12.3. The Morgan fingerprint density at radius 3 is 2.96 bits per heavy atom. The highest BCUT2D eigenvalue weighted by molar-refractivity contribution is 5.85. The molecule has 0 aliphatic heterocycles. The lowest BCUT2D eigenvalue weighted by atomic mass is 10.1. The third-order valence-electron chi connectivity index (χ3n) is 4.68. The fourth-order valence-corrected chi connectivity index (χ4v) is 3.33. The zero-order chi connectivity index (χ0) is 17.9. The molecule has 2 aromatic heterocycles. The van der Waals surface area contributed by atoms with Crippen molar-refractivity contribution in [3.63, 3.8) is 0 Å². The van der Waals surface area contributed by atoms with Gasteiger partial charge >= 0.3 is 0 Å². The molecule has 4 aromatic rings. The van der Waals surface area contributed by atoms with E-state index in [9.17, 15) is 4.79 Å². The van der Waals surface area contributed by atoms with E-state index in [0.717, 1.165) is 28.6 Å². The van der Waals surface area contributed by atoms with Crippen molar-refractivity contribution in [3.05, 3.63) is 66.5 Å². The maximum atomic E-state index is 12.3. The van der Waals surface area contributed by atoms with E-state index in [2.05, 4.69) is 22.4 Å². The van der Waals surface area contributed by atoms with Crippen LogP contribution in [0.2, 0.25) is 0 Å². The molecule has 0 spiro atoms. The van der Waals surface area contributed by atoms with Gasteiger partial charge in [0, 0.05) is 40.7 Å². The molecule has 5 heteroatoms. The fraction of sp³-hybridized carbons (Fsp3) is 0.190. The highest BCUT2D eigenvalue weighted by atomic mass is 16.5. The third-order valence-corrected chi connectivity index (χ3v) is 4.68. The number of hydrogen-bond donors (Lipinski definition) is 2. The highest BCUT2D eigenvalue weighted by Crippen LogP contribution is 2.21. The number of H-pyrrole nitrogens is 1. The van der Waals surface area contributed by atoms with Crippen LogP contribution in [0.15, 0.2) is 60.9 Å². The lowest BCUT2D eigenvalue weighted by molar-refractivity contribution is -0.121. The van der Waals surface area contributed by atoms with E-state index in [4.69, 9.17) is 4.74 Å². The predicted octanol–water partition coefficient (Wildman–Crippen LogP) is 3.49. The number of rotatable bonds is 6. The number of amides is 1. The van der Waals surface area contributed by atoms with Crippen LogP contribution in [-0.2, 0) is 17.8 Å². The Labute approximate surface area is 151 Å². The molecule has 0 radical (unpaired) electrons. The molecule has 0 bridgehead atoms. The van der Waals surface area contributed by atoms with Crippen molar-refractivity contribution in [2.75, 3.05) is 13.7 Å².